The largest absolute Gasteiger partial charge is 0.504 e. The first-order chi connectivity index (χ1) is 7.50. The third-order valence-corrected chi connectivity index (χ3v) is 2.48. The van der Waals surface area contributed by atoms with Gasteiger partial charge in [-0.1, -0.05) is 26.0 Å². The van der Waals surface area contributed by atoms with Gasteiger partial charge in [0.25, 0.3) is 0 Å². The zero-order chi connectivity index (χ0) is 12.2. The molecule has 0 atom stereocenters. The van der Waals surface area contributed by atoms with E-state index in [9.17, 15) is 10.2 Å². The minimum atomic E-state index is -0.234. The lowest BCUT2D eigenvalue weighted by atomic mass is 9.86. The molecule has 1 rings (SSSR count). The van der Waals surface area contributed by atoms with E-state index in [2.05, 4.69) is 0 Å². The second-order valence-corrected chi connectivity index (χ2v) is 4.70. The summed E-state index contributed by atoms with van der Waals surface area (Å²) < 4.78 is 5.31. The number of aliphatic hydroxyl groups is 1. The molecule has 3 nitrogen and oxygen atoms in total. The quantitative estimate of drug-likeness (QED) is 0.807. The maximum atomic E-state index is 9.97. The van der Waals surface area contributed by atoms with Gasteiger partial charge in [0.05, 0.1) is 6.61 Å². The molecule has 3 heteroatoms. The standard InChI is InChI=1S/C13H20O3/c1-4-16-11-7-5-6-10(12(11)15)8-13(2,3)9-14/h5-7,14-15H,4,8-9H2,1-3H3. The number of benzene rings is 1. The van der Waals surface area contributed by atoms with Crippen LogP contribution in [0, 0.1) is 5.41 Å². The van der Waals surface area contributed by atoms with Crippen molar-refractivity contribution in [2.45, 2.75) is 27.2 Å². The lowest BCUT2D eigenvalue weighted by molar-refractivity contribution is 0.158. The van der Waals surface area contributed by atoms with Crippen molar-refractivity contribution >= 4 is 0 Å². The van der Waals surface area contributed by atoms with Crippen LogP contribution in [0.15, 0.2) is 18.2 Å². The average molecular weight is 224 g/mol. The van der Waals surface area contributed by atoms with Gasteiger partial charge < -0.3 is 14.9 Å². The van der Waals surface area contributed by atoms with Crippen molar-refractivity contribution in [3.8, 4) is 11.5 Å². The van der Waals surface area contributed by atoms with E-state index in [1.165, 1.54) is 0 Å². The van der Waals surface area contributed by atoms with Gasteiger partial charge in [0.2, 0.25) is 0 Å². The SMILES string of the molecule is CCOc1cccc(CC(C)(C)CO)c1O. The van der Waals surface area contributed by atoms with Gasteiger partial charge in [-0.2, -0.15) is 0 Å². The summed E-state index contributed by atoms with van der Waals surface area (Å²) in [5.74, 6) is 0.694. The molecule has 90 valence electrons. The zero-order valence-corrected chi connectivity index (χ0v) is 10.2. The highest BCUT2D eigenvalue weighted by atomic mass is 16.5. The van der Waals surface area contributed by atoms with Crippen LogP contribution in [0.1, 0.15) is 26.3 Å². The number of phenolic OH excluding ortho intramolecular Hbond substituents is 1. The summed E-state index contributed by atoms with van der Waals surface area (Å²) in [5.41, 5.74) is 0.576. The Morgan fingerprint density at radius 1 is 1.31 bits per heavy atom. The van der Waals surface area contributed by atoms with Crippen LogP contribution in [0.2, 0.25) is 0 Å². The lowest BCUT2D eigenvalue weighted by Gasteiger charge is -2.22. The molecule has 0 heterocycles. The first-order valence-electron chi connectivity index (χ1n) is 5.54. The molecular weight excluding hydrogens is 204 g/mol. The van der Waals surface area contributed by atoms with Crippen LogP contribution < -0.4 is 4.74 Å². The van der Waals surface area contributed by atoms with Crippen molar-refractivity contribution in [3.05, 3.63) is 23.8 Å². The van der Waals surface area contributed by atoms with Gasteiger partial charge in [-0.05, 0) is 30.4 Å². The summed E-state index contributed by atoms with van der Waals surface area (Å²) in [6, 6.07) is 5.46. The van der Waals surface area contributed by atoms with Crippen LogP contribution in [0.3, 0.4) is 0 Å². The number of hydrogen-bond acceptors (Lipinski definition) is 3. The van der Waals surface area contributed by atoms with Gasteiger partial charge in [-0.25, -0.2) is 0 Å². The molecule has 0 aliphatic rings. The van der Waals surface area contributed by atoms with Crippen molar-refractivity contribution in [2.75, 3.05) is 13.2 Å². The van der Waals surface area contributed by atoms with E-state index in [0.29, 0.717) is 18.8 Å². The van der Waals surface area contributed by atoms with Crippen LogP contribution in [0.4, 0.5) is 0 Å². The van der Waals surface area contributed by atoms with E-state index in [1.807, 2.05) is 32.9 Å². The molecule has 2 N–H and O–H groups in total. The highest BCUT2D eigenvalue weighted by Gasteiger charge is 2.20. The Morgan fingerprint density at radius 3 is 2.56 bits per heavy atom. The van der Waals surface area contributed by atoms with Crippen molar-refractivity contribution < 1.29 is 14.9 Å². The molecule has 0 aromatic heterocycles. The number of aliphatic hydroxyl groups excluding tert-OH is 1. The lowest BCUT2D eigenvalue weighted by Crippen LogP contribution is -2.19. The first-order valence-corrected chi connectivity index (χ1v) is 5.54. The van der Waals surface area contributed by atoms with Gasteiger partial charge in [-0.3, -0.25) is 0 Å². The summed E-state index contributed by atoms with van der Waals surface area (Å²) in [6.45, 7) is 6.41. The maximum absolute atomic E-state index is 9.97. The fourth-order valence-electron chi connectivity index (χ4n) is 1.55. The van der Waals surface area contributed by atoms with E-state index >= 15 is 0 Å². The minimum absolute atomic E-state index is 0.0886. The summed E-state index contributed by atoms with van der Waals surface area (Å²) >= 11 is 0. The normalized spacial score (nSPS) is 11.5. The summed E-state index contributed by atoms with van der Waals surface area (Å²) in [4.78, 5) is 0. The zero-order valence-electron chi connectivity index (χ0n) is 10.2. The summed E-state index contributed by atoms with van der Waals surface area (Å²) in [5, 5.41) is 19.2. The predicted octanol–water partition coefficient (Wildman–Crippen LogP) is 2.35. The Labute approximate surface area is 96.7 Å². The average Bonchev–Trinajstić information content (AvgIpc) is 2.24. The first kappa shape index (κ1) is 12.8. The summed E-state index contributed by atoms with van der Waals surface area (Å²) in [7, 11) is 0. The number of hydrogen-bond donors (Lipinski definition) is 2. The fraction of sp³-hybridized carbons (Fsp3) is 0.538. The molecular formula is C13H20O3. The van der Waals surface area contributed by atoms with Crippen molar-refractivity contribution in [3.63, 3.8) is 0 Å². The van der Waals surface area contributed by atoms with Gasteiger partial charge in [0.1, 0.15) is 0 Å². The Kier molecular flexibility index (Phi) is 4.19. The highest BCUT2D eigenvalue weighted by Crippen LogP contribution is 2.33. The predicted molar refractivity (Wildman–Crippen MR) is 63.8 cm³/mol. The Hall–Kier alpha value is -1.22. The number of aromatic hydroxyl groups is 1. The van der Waals surface area contributed by atoms with E-state index in [4.69, 9.17) is 4.74 Å². The minimum Gasteiger partial charge on any atom is -0.504 e. The molecule has 0 saturated carbocycles. The molecule has 0 unspecified atom stereocenters. The number of phenols is 1. The highest BCUT2D eigenvalue weighted by molar-refractivity contribution is 5.45. The van der Waals surface area contributed by atoms with Crippen LogP contribution in [-0.2, 0) is 6.42 Å². The fourth-order valence-corrected chi connectivity index (χ4v) is 1.55. The third-order valence-electron chi connectivity index (χ3n) is 2.48. The van der Waals surface area contributed by atoms with E-state index < -0.39 is 0 Å². The molecule has 1 aromatic carbocycles. The topological polar surface area (TPSA) is 49.7 Å². The number of rotatable bonds is 5. The van der Waals surface area contributed by atoms with Crippen molar-refractivity contribution in [1.82, 2.24) is 0 Å². The van der Waals surface area contributed by atoms with E-state index in [-0.39, 0.29) is 17.8 Å². The van der Waals surface area contributed by atoms with Gasteiger partial charge in [0, 0.05) is 6.61 Å². The second kappa shape index (κ2) is 5.21. The Morgan fingerprint density at radius 2 is 2.00 bits per heavy atom. The van der Waals surface area contributed by atoms with Crippen LogP contribution >= 0.6 is 0 Å². The van der Waals surface area contributed by atoms with Crippen molar-refractivity contribution in [1.29, 1.82) is 0 Å². The molecule has 0 amide bonds. The molecule has 0 fully saturated rings. The molecule has 1 aromatic rings. The number of para-hydroxylation sites is 1. The molecule has 0 saturated heterocycles. The molecule has 0 spiro atoms. The van der Waals surface area contributed by atoms with Gasteiger partial charge >= 0.3 is 0 Å². The van der Waals surface area contributed by atoms with Gasteiger partial charge in [0.15, 0.2) is 11.5 Å². The Bertz CT molecular complexity index is 345. The molecule has 16 heavy (non-hydrogen) atoms. The summed E-state index contributed by atoms with van der Waals surface area (Å²) in [6.07, 6.45) is 0.621. The smallest absolute Gasteiger partial charge is 0.161 e. The van der Waals surface area contributed by atoms with Crippen LogP contribution in [0.25, 0.3) is 0 Å². The monoisotopic (exact) mass is 224 g/mol. The number of ether oxygens (including phenoxy) is 1. The maximum Gasteiger partial charge on any atom is 0.161 e. The van der Waals surface area contributed by atoms with Crippen molar-refractivity contribution in [2.24, 2.45) is 5.41 Å². The Balaban J connectivity index is 2.93. The second-order valence-electron chi connectivity index (χ2n) is 4.70. The third kappa shape index (κ3) is 3.14. The molecule has 0 aliphatic heterocycles. The molecule has 0 aliphatic carbocycles. The van der Waals surface area contributed by atoms with E-state index in [1.54, 1.807) is 6.07 Å². The van der Waals surface area contributed by atoms with Crippen LogP contribution in [0.5, 0.6) is 11.5 Å². The van der Waals surface area contributed by atoms with E-state index in [0.717, 1.165) is 5.56 Å². The van der Waals surface area contributed by atoms with Gasteiger partial charge in [-0.15, -0.1) is 0 Å². The van der Waals surface area contributed by atoms with Crippen LogP contribution in [-0.4, -0.2) is 23.4 Å². The molecule has 0 radical (unpaired) electrons. The molecule has 0 bridgehead atoms.